The first-order valence-electron chi connectivity index (χ1n) is 5.83. The van der Waals surface area contributed by atoms with Gasteiger partial charge in [-0.05, 0) is 19.8 Å². The number of aryl methyl sites for hydroxylation is 1. The number of aromatic nitrogens is 2. The van der Waals surface area contributed by atoms with Crippen molar-refractivity contribution in [3.05, 3.63) is 30.0 Å². The van der Waals surface area contributed by atoms with Crippen molar-refractivity contribution in [3.63, 3.8) is 0 Å². The monoisotopic (exact) mass is 213 g/mol. The van der Waals surface area contributed by atoms with Gasteiger partial charge in [0, 0.05) is 23.9 Å². The zero-order valence-electron chi connectivity index (χ0n) is 9.48. The minimum absolute atomic E-state index is 1.01. The van der Waals surface area contributed by atoms with Crippen LogP contribution in [-0.4, -0.2) is 23.3 Å². The zero-order valence-corrected chi connectivity index (χ0v) is 9.48. The first-order chi connectivity index (χ1) is 7.86. The SMILES string of the molecule is Cc1nnc(N2CCCC2)c2ccccc12. The molecule has 1 aliphatic heterocycles. The Labute approximate surface area is 95.1 Å². The van der Waals surface area contributed by atoms with Crippen molar-refractivity contribution in [2.24, 2.45) is 0 Å². The Balaban J connectivity index is 2.21. The first kappa shape index (κ1) is 9.58. The van der Waals surface area contributed by atoms with Gasteiger partial charge in [0.1, 0.15) is 0 Å². The van der Waals surface area contributed by atoms with Crippen molar-refractivity contribution in [2.75, 3.05) is 18.0 Å². The van der Waals surface area contributed by atoms with Crippen molar-refractivity contribution < 1.29 is 0 Å². The van der Waals surface area contributed by atoms with Gasteiger partial charge in [0.2, 0.25) is 0 Å². The molecule has 1 aromatic heterocycles. The van der Waals surface area contributed by atoms with E-state index in [1.54, 1.807) is 0 Å². The van der Waals surface area contributed by atoms with Crippen LogP contribution in [-0.2, 0) is 0 Å². The van der Waals surface area contributed by atoms with E-state index in [4.69, 9.17) is 0 Å². The smallest absolute Gasteiger partial charge is 0.159 e. The summed E-state index contributed by atoms with van der Waals surface area (Å²) in [6.07, 6.45) is 2.54. The minimum Gasteiger partial charge on any atom is -0.355 e. The van der Waals surface area contributed by atoms with Gasteiger partial charge in [-0.2, -0.15) is 5.10 Å². The van der Waals surface area contributed by atoms with Crippen LogP contribution >= 0.6 is 0 Å². The van der Waals surface area contributed by atoms with Crippen LogP contribution in [0.1, 0.15) is 18.5 Å². The summed E-state index contributed by atoms with van der Waals surface area (Å²) in [5, 5.41) is 11.1. The molecular formula is C13H15N3. The molecule has 82 valence electrons. The van der Waals surface area contributed by atoms with Gasteiger partial charge < -0.3 is 4.90 Å². The van der Waals surface area contributed by atoms with Crippen LogP contribution in [0.4, 0.5) is 5.82 Å². The molecule has 2 heterocycles. The summed E-state index contributed by atoms with van der Waals surface area (Å²) in [4.78, 5) is 2.34. The van der Waals surface area contributed by atoms with Crippen molar-refractivity contribution in [1.29, 1.82) is 0 Å². The van der Waals surface area contributed by atoms with E-state index < -0.39 is 0 Å². The van der Waals surface area contributed by atoms with Crippen molar-refractivity contribution >= 4 is 16.6 Å². The summed E-state index contributed by atoms with van der Waals surface area (Å²) in [7, 11) is 0. The Morgan fingerprint density at radius 2 is 1.69 bits per heavy atom. The summed E-state index contributed by atoms with van der Waals surface area (Å²) in [6.45, 7) is 4.24. The first-order valence-corrected chi connectivity index (χ1v) is 5.83. The molecule has 0 bridgehead atoms. The van der Waals surface area contributed by atoms with E-state index >= 15 is 0 Å². The summed E-state index contributed by atoms with van der Waals surface area (Å²) < 4.78 is 0. The van der Waals surface area contributed by atoms with E-state index in [0.29, 0.717) is 0 Å². The average molecular weight is 213 g/mol. The lowest BCUT2D eigenvalue weighted by Crippen LogP contribution is -2.20. The third-order valence-corrected chi connectivity index (χ3v) is 3.26. The number of fused-ring (bicyclic) bond motifs is 1. The van der Waals surface area contributed by atoms with Gasteiger partial charge in [0.25, 0.3) is 0 Å². The Kier molecular flexibility index (Phi) is 2.24. The fraction of sp³-hybridized carbons (Fsp3) is 0.385. The molecule has 16 heavy (non-hydrogen) atoms. The predicted molar refractivity (Wildman–Crippen MR) is 65.7 cm³/mol. The molecule has 1 saturated heterocycles. The minimum atomic E-state index is 1.01. The molecule has 1 aromatic carbocycles. The molecule has 0 aliphatic carbocycles. The number of rotatable bonds is 1. The van der Waals surface area contributed by atoms with E-state index in [2.05, 4.69) is 39.4 Å². The van der Waals surface area contributed by atoms with Crippen LogP contribution < -0.4 is 4.90 Å². The van der Waals surface area contributed by atoms with E-state index in [9.17, 15) is 0 Å². The summed E-state index contributed by atoms with van der Waals surface area (Å²) in [5.41, 5.74) is 1.01. The third-order valence-electron chi connectivity index (χ3n) is 3.26. The highest BCUT2D eigenvalue weighted by molar-refractivity contribution is 5.93. The summed E-state index contributed by atoms with van der Waals surface area (Å²) >= 11 is 0. The quantitative estimate of drug-likeness (QED) is 0.729. The van der Waals surface area contributed by atoms with Gasteiger partial charge >= 0.3 is 0 Å². The second-order valence-corrected chi connectivity index (χ2v) is 4.35. The second kappa shape index (κ2) is 3.74. The van der Waals surface area contributed by atoms with Crippen molar-refractivity contribution in [2.45, 2.75) is 19.8 Å². The van der Waals surface area contributed by atoms with Crippen LogP contribution in [0.15, 0.2) is 24.3 Å². The molecule has 3 heteroatoms. The molecule has 0 atom stereocenters. The van der Waals surface area contributed by atoms with Crippen molar-refractivity contribution in [1.82, 2.24) is 10.2 Å². The molecule has 0 amide bonds. The Bertz CT molecular complexity index is 516. The Morgan fingerprint density at radius 3 is 2.44 bits per heavy atom. The van der Waals surface area contributed by atoms with E-state index in [0.717, 1.165) is 24.6 Å². The number of anilines is 1. The molecule has 0 saturated carbocycles. The average Bonchev–Trinajstić information content (AvgIpc) is 2.83. The van der Waals surface area contributed by atoms with E-state index in [-0.39, 0.29) is 0 Å². The standard InChI is InChI=1S/C13H15N3/c1-10-11-6-2-3-7-12(11)13(15-14-10)16-8-4-5-9-16/h2-3,6-7H,4-5,8-9H2,1H3. The maximum atomic E-state index is 4.36. The topological polar surface area (TPSA) is 29.0 Å². The molecule has 0 spiro atoms. The lowest BCUT2D eigenvalue weighted by molar-refractivity contribution is 0.894. The van der Waals surface area contributed by atoms with Gasteiger partial charge in [-0.25, -0.2) is 0 Å². The molecule has 0 radical (unpaired) electrons. The second-order valence-electron chi connectivity index (χ2n) is 4.35. The molecule has 3 nitrogen and oxygen atoms in total. The van der Waals surface area contributed by atoms with Gasteiger partial charge in [-0.15, -0.1) is 5.10 Å². The van der Waals surface area contributed by atoms with Gasteiger partial charge in [0.05, 0.1) is 5.69 Å². The van der Waals surface area contributed by atoms with Crippen LogP contribution in [0.5, 0.6) is 0 Å². The largest absolute Gasteiger partial charge is 0.355 e. The van der Waals surface area contributed by atoms with Crippen molar-refractivity contribution in [3.8, 4) is 0 Å². The van der Waals surface area contributed by atoms with Gasteiger partial charge in [-0.1, -0.05) is 24.3 Å². The van der Waals surface area contributed by atoms with Gasteiger partial charge in [-0.3, -0.25) is 0 Å². The van der Waals surface area contributed by atoms with E-state index in [1.165, 1.54) is 23.6 Å². The maximum absolute atomic E-state index is 4.36. The van der Waals surface area contributed by atoms with Crippen LogP contribution in [0.25, 0.3) is 10.8 Å². The highest BCUT2D eigenvalue weighted by atomic mass is 15.3. The lowest BCUT2D eigenvalue weighted by Gasteiger charge is -2.18. The molecule has 3 rings (SSSR count). The maximum Gasteiger partial charge on any atom is 0.159 e. The third kappa shape index (κ3) is 1.43. The molecular weight excluding hydrogens is 198 g/mol. The molecule has 0 N–H and O–H groups in total. The molecule has 1 aliphatic rings. The molecule has 1 fully saturated rings. The number of nitrogens with zero attached hydrogens (tertiary/aromatic N) is 3. The predicted octanol–water partition coefficient (Wildman–Crippen LogP) is 2.54. The fourth-order valence-electron chi connectivity index (χ4n) is 2.39. The number of benzene rings is 1. The van der Waals surface area contributed by atoms with Crippen LogP contribution in [0.2, 0.25) is 0 Å². The Hall–Kier alpha value is -1.64. The molecule has 2 aromatic rings. The highest BCUT2D eigenvalue weighted by Crippen LogP contribution is 2.27. The van der Waals surface area contributed by atoms with E-state index in [1.807, 2.05) is 6.92 Å². The number of hydrogen-bond donors (Lipinski definition) is 0. The summed E-state index contributed by atoms with van der Waals surface area (Å²) in [5.74, 6) is 1.05. The van der Waals surface area contributed by atoms with Gasteiger partial charge in [0.15, 0.2) is 5.82 Å². The normalized spacial score (nSPS) is 15.9. The van der Waals surface area contributed by atoms with Crippen LogP contribution in [0, 0.1) is 6.92 Å². The number of hydrogen-bond acceptors (Lipinski definition) is 3. The highest BCUT2D eigenvalue weighted by Gasteiger charge is 2.17. The Morgan fingerprint density at radius 1 is 1.00 bits per heavy atom. The van der Waals surface area contributed by atoms with Crippen LogP contribution in [0.3, 0.4) is 0 Å². The lowest BCUT2D eigenvalue weighted by atomic mass is 10.1. The fourth-order valence-corrected chi connectivity index (χ4v) is 2.39. The molecule has 0 unspecified atom stereocenters. The zero-order chi connectivity index (χ0) is 11.0. The summed E-state index contributed by atoms with van der Waals surface area (Å²) in [6, 6.07) is 8.40.